The maximum absolute atomic E-state index is 12.3. The van der Waals surface area contributed by atoms with Crippen LogP contribution in [0.3, 0.4) is 0 Å². The molecule has 1 aromatic heterocycles. The average molecular weight is 387 g/mol. The van der Waals surface area contributed by atoms with Gasteiger partial charge in [-0.2, -0.15) is 0 Å². The minimum absolute atomic E-state index is 0.0109. The van der Waals surface area contributed by atoms with Crippen LogP contribution < -0.4 is 5.84 Å². The van der Waals surface area contributed by atoms with E-state index in [1.165, 1.54) is 23.3 Å². The minimum Gasteiger partial charge on any atom is -0.456 e. The number of carbonyl (C=O) groups is 2. The van der Waals surface area contributed by atoms with Crippen molar-refractivity contribution in [1.82, 2.24) is 19.8 Å². The largest absolute Gasteiger partial charge is 0.456 e. The molecule has 0 aliphatic carbocycles. The molecule has 0 saturated carbocycles. The van der Waals surface area contributed by atoms with E-state index >= 15 is 0 Å². The van der Waals surface area contributed by atoms with Crippen molar-refractivity contribution in [2.45, 2.75) is 19.9 Å². The SMILES string of the molecule is CCN(CCN(C)C)C(=O)CN(N)Cc1cc(C(=O)OCC(F)F)ccn1. The lowest BCUT2D eigenvalue weighted by Gasteiger charge is -2.25. The molecule has 0 radical (unpaired) electrons. The molecule has 1 aromatic rings. The van der Waals surface area contributed by atoms with E-state index in [-0.39, 0.29) is 24.6 Å². The predicted octanol–water partition coefficient (Wildman–Crippen LogP) is 0.589. The van der Waals surface area contributed by atoms with E-state index in [1.807, 2.05) is 25.9 Å². The molecule has 27 heavy (non-hydrogen) atoms. The summed E-state index contributed by atoms with van der Waals surface area (Å²) in [6.45, 7) is 2.95. The Hall–Kier alpha value is -2.17. The summed E-state index contributed by atoms with van der Waals surface area (Å²) in [6.07, 6.45) is -1.37. The van der Waals surface area contributed by atoms with Gasteiger partial charge in [0.25, 0.3) is 6.43 Å². The summed E-state index contributed by atoms with van der Waals surface area (Å²) in [7, 11) is 3.86. The van der Waals surface area contributed by atoms with E-state index in [4.69, 9.17) is 5.84 Å². The van der Waals surface area contributed by atoms with Crippen LogP contribution in [-0.2, 0) is 16.1 Å². The number of esters is 1. The number of alkyl halides is 2. The topological polar surface area (TPSA) is 92.0 Å². The fourth-order valence-corrected chi connectivity index (χ4v) is 2.23. The number of rotatable bonds is 11. The maximum Gasteiger partial charge on any atom is 0.338 e. The third-order valence-corrected chi connectivity index (χ3v) is 3.65. The Labute approximate surface area is 157 Å². The molecular weight excluding hydrogens is 360 g/mol. The van der Waals surface area contributed by atoms with Crippen molar-refractivity contribution < 1.29 is 23.1 Å². The molecule has 0 atom stereocenters. The zero-order chi connectivity index (χ0) is 20.4. The van der Waals surface area contributed by atoms with Crippen molar-refractivity contribution in [3.05, 3.63) is 29.6 Å². The van der Waals surface area contributed by atoms with E-state index in [0.29, 0.717) is 18.8 Å². The molecule has 8 nitrogen and oxygen atoms in total. The molecular formula is C17H27F2N5O3. The summed E-state index contributed by atoms with van der Waals surface area (Å²) in [5.74, 6) is 4.92. The number of hydrazine groups is 1. The fourth-order valence-electron chi connectivity index (χ4n) is 2.23. The number of ether oxygens (including phenoxy) is 1. The van der Waals surface area contributed by atoms with Crippen LogP contribution in [0.1, 0.15) is 23.0 Å². The van der Waals surface area contributed by atoms with Gasteiger partial charge in [0.1, 0.15) is 0 Å². The summed E-state index contributed by atoms with van der Waals surface area (Å²) >= 11 is 0. The standard InChI is InChI=1S/C17H27F2N5O3/c1-4-23(8-7-22(2)3)16(25)11-24(20)10-14-9-13(5-6-21-14)17(26)27-12-15(18)19/h5-6,9,15H,4,7-8,10-12,20H2,1-3H3. The first-order valence-electron chi connectivity index (χ1n) is 8.55. The number of carbonyl (C=O) groups excluding carboxylic acids is 2. The number of aromatic nitrogens is 1. The third kappa shape index (κ3) is 8.85. The van der Waals surface area contributed by atoms with Gasteiger partial charge in [0.2, 0.25) is 5.91 Å². The number of amides is 1. The van der Waals surface area contributed by atoms with Crippen LogP contribution in [0.4, 0.5) is 8.78 Å². The molecule has 2 N–H and O–H groups in total. The maximum atomic E-state index is 12.3. The van der Waals surface area contributed by atoms with Gasteiger partial charge in [-0.05, 0) is 33.2 Å². The predicted molar refractivity (Wildman–Crippen MR) is 95.9 cm³/mol. The van der Waals surface area contributed by atoms with Gasteiger partial charge < -0.3 is 14.5 Å². The van der Waals surface area contributed by atoms with Gasteiger partial charge in [0.15, 0.2) is 6.61 Å². The second kappa shape index (κ2) is 11.5. The number of nitrogens with zero attached hydrogens (tertiary/aromatic N) is 4. The van der Waals surface area contributed by atoms with Gasteiger partial charge in [-0.3, -0.25) is 15.6 Å². The molecule has 0 aliphatic heterocycles. The molecule has 1 rings (SSSR count). The van der Waals surface area contributed by atoms with Crippen LogP contribution in [0.15, 0.2) is 18.3 Å². The first kappa shape index (κ1) is 22.9. The van der Waals surface area contributed by atoms with Crippen molar-refractivity contribution in [1.29, 1.82) is 0 Å². The number of likely N-dealkylation sites (N-methyl/N-ethyl adjacent to an activating group) is 2. The summed E-state index contributed by atoms with van der Waals surface area (Å²) in [5.41, 5.74) is 0.523. The van der Waals surface area contributed by atoms with Gasteiger partial charge in [0, 0.05) is 25.8 Å². The van der Waals surface area contributed by atoms with Gasteiger partial charge in [-0.25, -0.2) is 18.6 Å². The van der Waals surface area contributed by atoms with Crippen molar-refractivity contribution in [2.75, 3.05) is 46.9 Å². The Kier molecular flexibility index (Phi) is 9.76. The zero-order valence-electron chi connectivity index (χ0n) is 15.9. The molecule has 0 aliphatic rings. The summed E-state index contributed by atoms with van der Waals surface area (Å²) in [4.78, 5) is 31.8. The van der Waals surface area contributed by atoms with Crippen molar-refractivity contribution in [3.63, 3.8) is 0 Å². The Balaban J connectivity index is 2.60. The average Bonchev–Trinajstić information content (AvgIpc) is 2.59. The molecule has 1 heterocycles. The normalized spacial score (nSPS) is 11.3. The van der Waals surface area contributed by atoms with Gasteiger partial charge in [-0.15, -0.1) is 0 Å². The van der Waals surface area contributed by atoms with Crippen LogP contribution in [0.5, 0.6) is 0 Å². The highest BCUT2D eigenvalue weighted by molar-refractivity contribution is 5.89. The van der Waals surface area contributed by atoms with Crippen LogP contribution in [0.25, 0.3) is 0 Å². The van der Waals surface area contributed by atoms with Crippen molar-refractivity contribution in [2.24, 2.45) is 5.84 Å². The molecule has 0 unspecified atom stereocenters. The van der Waals surface area contributed by atoms with Crippen LogP contribution in [-0.4, -0.2) is 85.0 Å². The molecule has 0 saturated heterocycles. The Morgan fingerprint density at radius 1 is 1.30 bits per heavy atom. The second-order valence-electron chi connectivity index (χ2n) is 6.21. The summed E-state index contributed by atoms with van der Waals surface area (Å²) in [5, 5.41) is 1.29. The van der Waals surface area contributed by atoms with Gasteiger partial charge >= 0.3 is 5.97 Å². The smallest absolute Gasteiger partial charge is 0.338 e. The van der Waals surface area contributed by atoms with E-state index in [2.05, 4.69) is 9.72 Å². The number of nitrogens with two attached hydrogens (primary N) is 1. The molecule has 152 valence electrons. The minimum atomic E-state index is -2.73. The van der Waals surface area contributed by atoms with Gasteiger partial charge in [-0.1, -0.05) is 0 Å². The highest BCUT2D eigenvalue weighted by Crippen LogP contribution is 2.07. The van der Waals surface area contributed by atoms with E-state index in [9.17, 15) is 18.4 Å². The lowest BCUT2D eigenvalue weighted by Crippen LogP contribution is -2.45. The fraction of sp³-hybridized carbons (Fsp3) is 0.588. The lowest BCUT2D eigenvalue weighted by molar-refractivity contribution is -0.132. The first-order chi connectivity index (χ1) is 12.7. The zero-order valence-corrected chi connectivity index (χ0v) is 15.9. The second-order valence-corrected chi connectivity index (χ2v) is 6.21. The molecule has 0 aromatic carbocycles. The summed E-state index contributed by atoms with van der Waals surface area (Å²) < 4.78 is 28.7. The molecule has 10 heteroatoms. The Morgan fingerprint density at radius 3 is 2.59 bits per heavy atom. The molecule has 1 amide bonds. The van der Waals surface area contributed by atoms with Crippen LogP contribution in [0.2, 0.25) is 0 Å². The number of hydrogen-bond donors (Lipinski definition) is 1. The Bertz CT molecular complexity index is 616. The third-order valence-electron chi connectivity index (χ3n) is 3.65. The van der Waals surface area contributed by atoms with E-state index in [1.54, 1.807) is 4.90 Å². The van der Waals surface area contributed by atoms with Crippen molar-refractivity contribution >= 4 is 11.9 Å². The number of hydrogen-bond acceptors (Lipinski definition) is 7. The number of halogens is 2. The summed E-state index contributed by atoms with van der Waals surface area (Å²) in [6, 6.07) is 2.77. The molecule has 0 bridgehead atoms. The van der Waals surface area contributed by atoms with E-state index in [0.717, 1.165) is 6.54 Å². The highest BCUT2D eigenvalue weighted by atomic mass is 19.3. The monoisotopic (exact) mass is 387 g/mol. The van der Waals surface area contributed by atoms with Crippen LogP contribution >= 0.6 is 0 Å². The quantitative estimate of drug-likeness (QED) is 0.337. The number of pyridine rings is 1. The van der Waals surface area contributed by atoms with E-state index < -0.39 is 19.0 Å². The first-order valence-corrected chi connectivity index (χ1v) is 8.55. The molecule has 0 spiro atoms. The van der Waals surface area contributed by atoms with Gasteiger partial charge in [0.05, 0.1) is 24.3 Å². The van der Waals surface area contributed by atoms with Crippen LogP contribution in [0, 0.1) is 0 Å². The lowest BCUT2D eigenvalue weighted by atomic mass is 10.2. The molecule has 0 fully saturated rings. The Morgan fingerprint density at radius 2 is 2.00 bits per heavy atom. The van der Waals surface area contributed by atoms with Crippen molar-refractivity contribution in [3.8, 4) is 0 Å². The highest BCUT2D eigenvalue weighted by Gasteiger charge is 2.16.